The third-order valence-electron chi connectivity index (χ3n) is 2.25. The molecule has 0 saturated carbocycles. The Morgan fingerprint density at radius 1 is 1.63 bits per heavy atom. The molecule has 1 aromatic rings. The number of nitriles is 1. The fraction of sp³-hybridized carbons (Fsp3) is 0.231. The van der Waals surface area contributed by atoms with Crippen LogP contribution in [0.15, 0.2) is 23.8 Å². The van der Waals surface area contributed by atoms with Gasteiger partial charge in [0.1, 0.15) is 17.5 Å². The summed E-state index contributed by atoms with van der Waals surface area (Å²) in [4.78, 5) is 11.7. The third-order valence-corrected chi connectivity index (χ3v) is 2.57. The summed E-state index contributed by atoms with van der Waals surface area (Å²) < 4.78 is 18.3. The van der Waals surface area contributed by atoms with Gasteiger partial charge in [0.2, 0.25) is 0 Å². The molecule has 0 heterocycles. The molecule has 1 aromatic carbocycles. The van der Waals surface area contributed by atoms with Crippen molar-refractivity contribution in [3.05, 3.63) is 40.2 Å². The second-order valence-electron chi connectivity index (χ2n) is 3.55. The summed E-state index contributed by atoms with van der Waals surface area (Å²) in [6.45, 7) is 0.588. The zero-order valence-corrected chi connectivity index (χ0v) is 11.0. The van der Waals surface area contributed by atoms with Gasteiger partial charge in [-0.3, -0.25) is 4.79 Å². The lowest BCUT2D eigenvalue weighted by Gasteiger charge is -2.04. The minimum atomic E-state index is -0.598. The molecule has 0 aliphatic carbocycles. The number of amides is 1. The second kappa shape index (κ2) is 7.52. The summed E-state index contributed by atoms with van der Waals surface area (Å²) in [5.41, 5.74) is -0.203. The molecule has 0 atom stereocenters. The molecule has 0 unspecified atom stereocenters. The van der Waals surface area contributed by atoms with Crippen molar-refractivity contribution in [2.75, 3.05) is 20.3 Å². The van der Waals surface area contributed by atoms with Crippen LogP contribution in [-0.4, -0.2) is 26.2 Å². The van der Waals surface area contributed by atoms with Crippen LogP contribution in [0, 0.1) is 17.1 Å². The van der Waals surface area contributed by atoms with E-state index in [1.165, 1.54) is 25.3 Å². The fourth-order valence-corrected chi connectivity index (χ4v) is 1.52. The maximum Gasteiger partial charge on any atom is 0.262 e. The van der Waals surface area contributed by atoms with Crippen LogP contribution in [0.1, 0.15) is 5.56 Å². The number of nitrogens with one attached hydrogen (secondary N) is 1. The van der Waals surface area contributed by atoms with Crippen LogP contribution in [0.5, 0.6) is 0 Å². The number of rotatable bonds is 5. The van der Waals surface area contributed by atoms with Gasteiger partial charge in [-0.05, 0) is 18.2 Å². The Bertz CT molecular complexity index is 518. The molecule has 4 nitrogen and oxygen atoms in total. The first-order valence-electron chi connectivity index (χ1n) is 5.43. The molecule has 0 spiro atoms. The van der Waals surface area contributed by atoms with Gasteiger partial charge in [-0.1, -0.05) is 17.7 Å². The van der Waals surface area contributed by atoms with Gasteiger partial charge in [-0.2, -0.15) is 5.26 Å². The van der Waals surface area contributed by atoms with Crippen LogP contribution >= 0.6 is 11.6 Å². The highest BCUT2D eigenvalue weighted by molar-refractivity contribution is 6.32. The summed E-state index contributed by atoms with van der Waals surface area (Å²) in [6, 6.07) is 5.84. The van der Waals surface area contributed by atoms with E-state index >= 15 is 0 Å². The summed E-state index contributed by atoms with van der Waals surface area (Å²) in [5.74, 6) is -1.19. The van der Waals surface area contributed by atoms with Crippen LogP contribution < -0.4 is 5.32 Å². The smallest absolute Gasteiger partial charge is 0.262 e. The average molecular weight is 283 g/mol. The lowest BCUT2D eigenvalue weighted by atomic mass is 10.1. The molecule has 1 N–H and O–H groups in total. The predicted octanol–water partition coefficient (Wildman–Crippen LogP) is 2.15. The molecule has 0 aliphatic heterocycles. The molecule has 19 heavy (non-hydrogen) atoms. The van der Waals surface area contributed by atoms with Gasteiger partial charge >= 0.3 is 0 Å². The molecule has 0 aromatic heterocycles. The Hall–Kier alpha value is -1.90. The van der Waals surface area contributed by atoms with E-state index in [-0.39, 0.29) is 22.7 Å². The molecule has 1 rings (SSSR count). The third kappa shape index (κ3) is 4.36. The average Bonchev–Trinajstić information content (AvgIpc) is 2.38. The quantitative estimate of drug-likeness (QED) is 0.511. The highest BCUT2D eigenvalue weighted by atomic mass is 35.5. The van der Waals surface area contributed by atoms with Gasteiger partial charge < -0.3 is 10.1 Å². The lowest BCUT2D eigenvalue weighted by Crippen LogP contribution is -2.27. The molecule has 100 valence electrons. The van der Waals surface area contributed by atoms with Gasteiger partial charge in [-0.15, -0.1) is 0 Å². The summed E-state index contributed by atoms with van der Waals surface area (Å²) in [6.07, 6.45) is 1.12. The minimum Gasteiger partial charge on any atom is -0.383 e. The highest BCUT2D eigenvalue weighted by Gasteiger charge is 2.11. The maximum atomic E-state index is 13.5. The van der Waals surface area contributed by atoms with Gasteiger partial charge in [0, 0.05) is 19.2 Å². The normalized spacial score (nSPS) is 10.9. The largest absolute Gasteiger partial charge is 0.383 e. The first-order chi connectivity index (χ1) is 9.10. The van der Waals surface area contributed by atoms with E-state index in [0.717, 1.165) is 6.08 Å². The molecule has 1 amide bonds. The lowest BCUT2D eigenvalue weighted by molar-refractivity contribution is -0.117. The number of carbonyl (C=O) groups excluding carboxylic acids is 1. The second-order valence-corrected chi connectivity index (χ2v) is 3.96. The SMILES string of the molecule is COCCNC(=O)/C(C#N)=C\c1c(F)cccc1Cl. The maximum absolute atomic E-state index is 13.5. The standard InChI is InChI=1S/C13H12ClFN2O2/c1-19-6-5-17-13(18)9(8-16)7-10-11(14)3-2-4-12(10)15/h2-4,7H,5-6H2,1H3,(H,17,18)/b9-7-. The zero-order chi connectivity index (χ0) is 14.3. The number of halogens is 2. The Balaban J connectivity index is 2.94. The molecule has 0 saturated heterocycles. The Morgan fingerprint density at radius 3 is 2.95 bits per heavy atom. The number of benzene rings is 1. The summed E-state index contributed by atoms with van der Waals surface area (Å²) in [5, 5.41) is 11.5. The van der Waals surface area contributed by atoms with Crippen LogP contribution in [0.4, 0.5) is 4.39 Å². The number of ether oxygens (including phenoxy) is 1. The first kappa shape index (κ1) is 15.2. The van der Waals surface area contributed by atoms with Crippen molar-refractivity contribution in [3.63, 3.8) is 0 Å². The van der Waals surface area contributed by atoms with Crippen molar-refractivity contribution in [1.82, 2.24) is 5.32 Å². The number of carbonyl (C=O) groups is 1. The summed E-state index contributed by atoms with van der Waals surface area (Å²) in [7, 11) is 1.49. The Labute approximate surface area is 115 Å². The van der Waals surface area contributed by atoms with Gasteiger partial charge in [-0.25, -0.2) is 4.39 Å². The monoisotopic (exact) mass is 282 g/mol. The van der Waals surface area contributed by atoms with Crippen molar-refractivity contribution in [3.8, 4) is 6.07 Å². The molecule has 0 bridgehead atoms. The van der Waals surface area contributed by atoms with Crippen molar-refractivity contribution in [1.29, 1.82) is 5.26 Å². The topological polar surface area (TPSA) is 62.1 Å². The highest BCUT2D eigenvalue weighted by Crippen LogP contribution is 2.21. The molecule has 0 radical (unpaired) electrons. The van der Waals surface area contributed by atoms with E-state index in [4.69, 9.17) is 21.6 Å². The number of nitrogens with zero attached hydrogens (tertiary/aromatic N) is 1. The van der Waals surface area contributed by atoms with Crippen molar-refractivity contribution >= 4 is 23.6 Å². The van der Waals surface area contributed by atoms with Crippen molar-refractivity contribution < 1.29 is 13.9 Å². The van der Waals surface area contributed by atoms with Crippen LogP contribution in [0.2, 0.25) is 5.02 Å². The van der Waals surface area contributed by atoms with E-state index in [2.05, 4.69) is 5.32 Å². The van der Waals surface area contributed by atoms with Gasteiger partial charge in [0.15, 0.2) is 0 Å². The van der Waals surface area contributed by atoms with Crippen molar-refractivity contribution in [2.45, 2.75) is 0 Å². The van der Waals surface area contributed by atoms with Crippen LogP contribution in [-0.2, 0) is 9.53 Å². The van der Waals surface area contributed by atoms with Gasteiger partial charge in [0.05, 0.1) is 11.6 Å². The van der Waals surface area contributed by atoms with E-state index in [1.54, 1.807) is 6.07 Å². The van der Waals surface area contributed by atoms with E-state index in [1.807, 2.05) is 0 Å². The van der Waals surface area contributed by atoms with Crippen LogP contribution in [0.3, 0.4) is 0 Å². The molecular weight excluding hydrogens is 271 g/mol. The molecule has 0 fully saturated rings. The zero-order valence-electron chi connectivity index (χ0n) is 10.2. The molecule has 0 aliphatic rings. The molecular formula is C13H12ClFN2O2. The number of hydrogen-bond donors (Lipinski definition) is 1. The minimum absolute atomic E-state index is 0.0163. The van der Waals surface area contributed by atoms with E-state index in [0.29, 0.717) is 6.61 Å². The van der Waals surface area contributed by atoms with Gasteiger partial charge in [0.25, 0.3) is 5.91 Å². The summed E-state index contributed by atoms with van der Waals surface area (Å²) >= 11 is 5.82. The Morgan fingerprint density at radius 2 is 2.37 bits per heavy atom. The molecule has 6 heteroatoms. The Kier molecular flexibility index (Phi) is 6.00. The number of hydrogen-bond acceptors (Lipinski definition) is 3. The predicted molar refractivity (Wildman–Crippen MR) is 69.9 cm³/mol. The first-order valence-corrected chi connectivity index (χ1v) is 5.81. The fourth-order valence-electron chi connectivity index (χ4n) is 1.30. The number of methoxy groups -OCH3 is 1. The van der Waals surface area contributed by atoms with E-state index < -0.39 is 11.7 Å². The van der Waals surface area contributed by atoms with Crippen LogP contribution in [0.25, 0.3) is 6.08 Å². The van der Waals surface area contributed by atoms with E-state index in [9.17, 15) is 9.18 Å². The van der Waals surface area contributed by atoms with Crippen molar-refractivity contribution in [2.24, 2.45) is 0 Å².